The van der Waals surface area contributed by atoms with Crippen LogP contribution >= 0.6 is 0 Å². The van der Waals surface area contributed by atoms with E-state index >= 15 is 0 Å². The standard InChI is InChI=1S/C27H28FN3O5/c1-3-36-23-13-20(28)10-11-21(23)18-8-6-17(7-9-18)14-30-26(34)27(2,35)24(32)25(33)31-15-19-5-4-12-29-22(19)16-31/h4-13,24,32,35H,3,14-16H2,1-2H3,(H,30,34)/t24-,27+/m0/s1. The Hall–Kier alpha value is -3.82. The van der Waals surface area contributed by atoms with Crippen molar-refractivity contribution in [2.75, 3.05) is 6.61 Å². The smallest absolute Gasteiger partial charge is 0.255 e. The van der Waals surface area contributed by atoms with E-state index in [4.69, 9.17) is 4.74 Å². The minimum absolute atomic E-state index is 0.0665. The van der Waals surface area contributed by atoms with Gasteiger partial charge in [-0.3, -0.25) is 14.6 Å². The molecule has 2 amide bonds. The lowest BCUT2D eigenvalue weighted by molar-refractivity contribution is -0.166. The topological polar surface area (TPSA) is 112 Å². The van der Waals surface area contributed by atoms with Crippen molar-refractivity contribution in [3.8, 4) is 16.9 Å². The molecular formula is C27H28FN3O5. The van der Waals surface area contributed by atoms with E-state index in [9.17, 15) is 24.2 Å². The van der Waals surface area contributed by atoms with Gasteiger partial charge in [-0.1, -0.05) is 30.3 Å². The summed E-state index contributed by atoms with van der Waals surface area (Å²) in [7, 11) is 0. The third-order valence-corrected chi connectivity index (χ3v) is 6.19. The molecule has 0 unspecified atom stereocenters. The van der Waals surface area contributed by atoms with Crippen molar-refractivity contribution in [1.29, 1.82) is 0 Å². The van der Waals surface area contributed by atoms with Crippen LogP contribution in [0.4, 0.5) is 4.39 Å². The zero-order valence-electron chi connectivity index (χ0n) is 20.1. The number of nitrogens with zero attached hydrogens (tertiary/aromatic N) is 2. The van der Waals surface area contributed by atoms with Crippen molar-refractivity contribution < 1.29 is 28.9 Å². The first kappa shape index (κ1) is 25.3. The maximum atomic E-state index is 13.6. The lowest BCUT2D eigenvalue weighted by Crippen LogP contribution is -2.58. The fourth-order valence-corrected chi connectivity index (χ4v) is 4.07. The van der Waals surface area contributed by atoms with Crippen LogP contribution in [0.5, 0.6) is 5.75 Å². The number of carbonyl (C=O) groups excluding carboxylic acids is 2. The lowest BCUT2D eigenvalue weighted by Gasteiger charge is -2.29. The quantitative estimate of drug-likeness (QED) is 0.445. The molecule has 8 nitrogen and oxygen atoms in total. The molecule has 1 aliphatic heterocycles. The van der Waals surface area contributed by atoms with Crippen LogP contribution in [0.1, 0.15) is 30.7 Å². The molecule has 3 aromatic rings. The third kappa shape index (κ3) is 5.22. The number of aromatic nitrogens is 1. The van der Waals surface area contributed by atoms with Gasteiger partial charge < -0.3 is 25.2 Å². The van der Waals surface area contributed by atoms with E-state index in [2.05, 4.69) is 10.3 Å². The zero-order valence-corrected chi connectivity index (χ0v) is 20.1. The Morgan fingerprint density at radius 3 is 2.64 bits per heavy atom. The molecule has 2 aromatic carbocycles. The molecule has 0 spiro atoms. The number of hydrogen-bond acceptors (Lipinski definition) is 6. The number of pyridine rings is 1. The Bertz CT molecular complexity index is 1240. The highest BCUT2D eigenvalue weighted by molar-refractivity contribution is 5.94. The van der Waals surface area contributed by atoms with Gasteiger partial charge in [-0.2, -0.15) is 0 Å². The fourth-order valence-electron chi connectivity index (χ4n) is 4.07. The molecule has 9 heteroatoms. The molecule has 0 fully saturated rings. The van der Waals surface area contributed by atoms with Crippen molar-refractivity contribution in [2.45, 2.75) is 45.2 Å². The summed E-state index contributed by atoms with van der Waals surface area (Å²) < 4.78 is 19.1. The minimum Gasteiger partial charge on any atom is -0.493 e. The summed E-state index contributed by atoms with van der Waals surface area (Å²) in [5.74, 6) is -1.58. The van der Waals surface area contributed by atoms with Crippen LogP contribution in [0.2, 0.25) is 0 Å². The van der Waals surface area contributed by atoms with Gasteiger partial charge in [-0.05, 0) is 48.7 Å². The molecular weight excluding hydrogens is 465 g/mol. The fraction of sp³-hybridized carbons (Fsp3) is 0.296. The van der Waals surface area contributed by atoms with Crippen LogP contribution in [-0.2, 0) is 29.2 Å². The van der Waals surface area contributed by atoms with Crippen LogP contribution in [-0.4, -0.2) is 50.2 Å². The molecule has 36 heavy (non-hydrogen) atoms. The number of aliphatic hydroxyl groups excluding tert-OH is 1. The minimum atomic E-state index is -2.33. The number of amides is 2. The van der Waals surface area contributed by atoms with E-state index in [1.54, 1.807) is 30.5 Å². The second kappa shape index (κ2) is 10.4. The number of rotatable bonds is 8. The average molecular weight is 494 g/mol. The molecule has 0 aliphatic carbocycles. The van der Waals surface area contributed by atoms with Gasteiger partial charge >= 0.3 is 0 Å². The molecule has 2 atom stereocenters. The Morgan fingerprint density at radius 2 is 1.94 bits per heavy atom. The van der Waals surface area contributed by atoms with Gasteiger partial charge in [0.15, 0.2) is 11.7 Å². The Kier molecular flexibility index (Phi) is 7.32. The van der Waals surface area contributed by atoms with Crippen LogP contribution in [0.15, 0.2) is 60.8 Å². The largest absolute Gasteiger partial charge is 0.493 e. The summed E-state index contributed by atoms with van der Waals surface area (Å²) in [5, 5.41) is 23.8. The van der Waals surface area contributed by atoms with Crippen molar-refractivity contribution in [3.63, 3.8) is 0 Å². The van der Waals surface area contributed by atoms with Crippen LogP contribution in [0.25, 0.3) is 11.1 Å². The van der Waals surface area contributed by atoms with Gasteiger partial charge in [-0.25, -0.2) is 4.39 Å². The van der Waals surface area contributed by atoms with Crippen LogP contribution in [0.3, 0.4) is 0 Å². The number of aliphatic hydroxyl groups is 2. The van der Waals surface area contributed by atoms with Gasteiger partial charge in [-0.15, -0.1) is 0 Å². The Morgan fingerprint density at radius 1 is 1.19 bits per heavy atom. The molecule has 0 bridgehead atoms. The number of benzene rings is 2. The average Bonchev–Trinajstić information content (AvgIpc) is 3.31. The van der Waals surface area contributed by atoms with E-state index < -0.39 is 23.5 Å². The summed E-state index contributed by atoms with van der Waals surface area (Å²) in [6, 6.07) is 15.1. The molecule has 4 rings (SSSR count). The van der Waals surface area contributed by atoms with Crippen molar-refractivity contribution in [1.82, 2.24) is 15.2 Å². The van der Waals surface area contributed by atoms with E-state index in [0.29, 0.717) is 12.4 Å². The molecule has 0 radical (unpaired) electrons. The highest BCUT2D eigenvalue weighted by atomic mass is 19.1. The maximum Gasteiger partial charge on any atom is 0.255 e. The zero-order chi connectivity index (χ0) is 25.9. The van der Waals surface area contributed by atoms with Crippen molar-refractivity contribution in [3.05, 3.63) is 83.4 Å². The highest BCUT2D eigenvalue weighted by Gasteiger charge is 2.45. The summed E-state index contributed by atoms with van der Waals surface area (Å²) in [5.41, 5.74) is 1.52. The molecule has 2 heterocycles. The van der Waals surface area contributed by atoms with E-state index in [0.717, 1.165) is 34.9 Å². The highest BCUT2D eigenvalue weighted by Crippen LogP contribution is 2.31. The first-order valence-electron chi connectivity index (χ1n) is 11.6. The van der Waals surface area contributed by atoms with Gasteiger partial charge in [0, 0.05) is 30.9 Å². The number of carbonyl (C=O) groups is 2. The SMILES string of the molecule is CCOc1cc(F)ccc1-c1ccc(CNC(=O)[C@](C)(O)[C@@H](O)C(=O)N2Cc3cccnc3C2)cc1. The molecule has 1 aromatic heterocycles. The predicted molar refractivity (Wildman–Crippen MR) is 130 cm³/mol. The van der Waals surface area contributed by atoms with Gasteiger partial charge in [0.2, 0.25) is 0 Å². The number of nitrogens with one attached hydrogen (secondary N) is 1. The summed E-state index contributed by atoms with van der Waals surface area (Å²) in [4.78, 5) is 31.0. The first-order chi connectivity index (χ1) is 17.2. The molecule has 0 saturated carbocycles. The van der Waals surface area contributed by atoms with E-state index in [1.165, 1.54) is 17.0 Å². The molecule has 188 valence electrons. The van der Waals surface area contributed by atoms with Crippen LogP contribution in [0, 0.1) is 5.82 Å². The lowest BCUT2D eigenvalue weighted by atomic mass is 9.96. The Balaban J connectivity index is 1.37. The van der Waals surface area contributed by atoms with Gasteiger partial charge in [0.05, 0.1) is 18.8 Å². The normalized spacial score (nSPS) is 15.1. The number of hydrogen-bond donors (Lipinski definition) is 3. The van der Waals surface area contributed by atoms with Crippen molar-refractivity contribution in [2.24, 2.45) is 0 Å². The Labute approximate surface area is 208 Å². The number of halogens is 1. The predicted octanol–water partition coefficient (Wildman–Crippen LogP) is 2.56. The van der Waals surface area contributed by atoms with Crippen LogP contribution < -0.4 is 10.1 Å². The molecule has 3 N–H and O–H groups in total. The molecule has 0 saturated heterocycles. The van der Waals surface area contributed by atoms with Crippen molar-refractivity contribution >= 4 is 11.8 Å². The summed E-state index contributed by atoms with van der Waals surface area (Å²) >= 11 is 0. The summed E-state index contributed by atoms with van der Waals surface area (Å²) in [6.45, 7) is 3.85. The number of ether oxygens (including phenoxy) is 1. The number of fused-ring (bicyclic) bond motifs is 1. The summed E-state index contributed by atoms with van der Waals surface area (Å²) in [6.07, 6.45) is -0.318. The monoisotopic (exact) mass is 493 g/mol. The van der Waals surface area contributed by atoms with Gasteiger partial charge in [0.25, 0.3) is 11.8 Å². The van der Waals surface area contributed by atoms with Gasteiger partial charge in [0.1, 0.15) is 11.6 Å². The second-order valence-corrected chi connectivity index (χ2v) is 8.81. The van der Waals surface area contributed by atoms with E-state index in [1.807, 2.05) is 25.1 Å². The second-order valence-electron chi connectivity index (χ2n) is 8.81. The van der Waals surface area contributed by atoms with E-state index in [-0.39, 0.29) is 25.5 Å². The first-order valence-corrected chi connectivity index (χ1v) is 11.6. The maximum absolute atomic E-state index is 13.6. The third-order valence-electron chi connectivity index (χ3n) is 6.19. The molecule has 1 aliphatic rings.